The van der Waals surface area contributed by atoms with Crippen LogP contribution in [-0.4, -0.2) is 39.7 Å². The third-order valence-corrected chi connectivity index (χ3v) is 5.63. The molecule has 0 unspecified atom stereocenters. The van der Waals surface area contributed by atoms with Crippen molar-refractivity contribution >= 4 is 11.9 Å². The van der Waals surface area contributed by atoms with Crippen molar-refractivity contribution in [1.29, 1.82) is 0 Å². The van der Waals surface area contributed by atoms with Gasteiger partial charge in [-0.15, -0.1) is 0 Å². The van der Waals surface area contributed by atoms with E-state index in [0.29, 0.717) is 26.2 Å². The van der Waals surface area contributed by atoms with Gasteiger partial charge in [-0.25, -0.2) is 4.79 Å². The van der Waals surface area contributed by atoms with Crippen LogP contribution < -0.4 is 11.1 Å². The molecule has 4 rings (SSSR count). The number of nitrogens with zero attached hydrogens (tertiary/aromatic N) is 3. The predicted octanol–water partition coefficient (Wildman–Crippen LogP) is 3.01. The Morgan fingerprint density at radius 2 is 1.77 bits per heavy atom. The number of hydrogen-bond donors (Lipinski definition) is 2. The van der Waals surface area contributed by atoms with E-state index in [2.05, 4.69) is 17.4 Å². The van der Waals surface area contributed by atoms with Gasteiger partial charge in [0.25, 0.3) is 0 Å². The SMILES string of the molecule is NC(=O)N1CCC[C@@H](C(=O)NCc2cn(Cc3ccccc3)nc2-c2ccccc2)C1. The molecule has 160 valence electrons. The highest BCUT2D eigenvalue weighted by molar-refractivity contribution is 5.80. The number of nitrogens with one attached hydrogen (secondary N) is 1. The van der Waals surface area contributed by atoms with E-state index in [1.807, 2.05) is 59.4 Å². The molecule has 0 bridgehead atoms. The van der Waals surface area contributed by atoms with Crippen molar-refractivity contribution in [2.24, 2.45) is 11.7 Å². The molecule has 1 saturated heterocycles. The van der Waals surface area contributed by atoms with Crippen LogP contribution in [0.25, 0.3) is 11.3 Å². The maximum atomic E-state index is 12.8. The smallest absolute Gasteiger partial charge is 0.314 e. The van der Waals surface area contributed by atoms with Crippen LogP contribution in [0.1, 0.15) is 24.0 Å². The van der Waals surface area contributed by atoms with Gasteiger partial charge in [0.2, 0.25) is 5.91 Å². The number of benzene rings is 2. The van der Waals surface area contributed by atoms with Crippen LogP contribution in [0.15, 0.2) is 66.9 Å². The summed E-state index contributed by atoms with van der Waals surface area (Å²) < 4.78 is 1.91. The summed E-state index contributed by atoms with van der Waals surface area (Å²) in [4.78, 5) is 25.8. The van der Waals surface area contributed by atoms with Crippen molar-refractivity contribution < 1.29 is 9.59 Å². The molecule has 0 saturated carbocycles. The number of urea groups is 1. The molecule has 1 aliphatic heterocycles. The van der Waals surface area contributed by atoms with E-state index in [9.17, 15) is 9.59 Å². The fourth-order valence-corrected chi connectivity index (χ4v) is 4.00. The van der Waals surface area contributed by atoms with Crippen molar-refractivity contribution in [3.05, 3.63) is 78.0 Å². The number of carbonyl (C=O) groups excluding carboxylic acids is 2. The molecule has 31 heavy (non-hydrogen) atoms. The van der Waals surface area contributed by atoms with Crippen molar-refractivity contribution in [3.63, 3.8) is 0 Å². The first-order chi connectivity index (χ1) is 15.1. The summed E-state index contributed by atoms with van der Waals surface area (Å²) in [6.45, 7) is 2.03. The summed E-state index contributed by atoms with van der Waals surface area (Å²) in [6.07, 6.45) is 3.53. The summed E-state index contributed by atoms with van der Waals surface area (Å²) in [6, 6.07) is 19.7. The Morgan fingerprint density at radius 1 is 1.06 bits per heavy atom. The van der Waals surface area contributed by atoms with Crippen molar-refractivity contribution in [3.8, 4) is 11.3 Å². The lowest BCUT2D eigenvalue weighted by atomic mass is 9.97. The van der Waals surface area contributed by atoms with Crippen LogP contribution in [0.4, 0.5) is 4.79 Å². The zero-order valence-electron chi connectivity index (χ0n) is 17.4. The minimum Gasteiger partial charge on any atom is -0.352 e. The molecular weight excluding hydrogens is 390 g/mol. The molecule has 1 fully saturated rings. The zero-order valence-corrected chi connectivity index (χ0v) is 17.4. The molecule has 7 heteroatoms. The Balaban J connectivity index is 1.50. The quantitative estimate of drug-likeness (QED) is 0.646. The van der Waals surface area contributed by atoms with E-state index in [4.69, 9.17) is 10.8 Å². The number of primary amides is 1. The molecule has 0 spiro atoms. The summed E-state index contributed by atoms with van der Waals surface area (Å²) in [5.41, 5.74) is 9.38. The lowest BCUT2D eigenvalue weighted by Gasteiger charge is -2.30. The van der Waals surface area contributed by atoms with Crippen LogP contribution in [0.2, 0.25) is 0 Å². The average molecular weight is 418 g/mol. The number of hydrogen-bond acceptors (Lipinski definition) is 3. The van der Waals surface area contributed by atoms with Gasteiger partial charge in [0.15, 0.2) is 0 Å². The maximum absolute atomic E-state index is 12.8. The number of likely N-dealkylation sites (tertiary alicyclic amines) is 1. The fourth-order valence-electron chi connectivity index (χ4n) is 4.00. The lowest BCUT2D eigenvalue weighted by molar-refractivity contribution is -0.126. The summed E-state index contributed by atoms with van der Waals surface area (Å²) >= 11 is 0. The second kappa shape index (κ2) is 9.47. The van der Waals surface area contributed by atoms with Gasteiger partial charge in [0.1, 0.15) is 0 Å². The highest BCUT2D eigenvalue weighted by atomic mass is 16.2. The molecule has 2 aromatic carbocycles. The molecule has 7 nitrogen and oxygen atoms in total. The van der Waals surface area contributed by atoms with Crippen molar-refractivity contribution in [2.75, 3.05) is 13.1 Å². The number of piperidine rings is 1. The monoisotopic (exact) mass is 417 g/mol. The Bertz CT molecular complexity index is 1030. The van der Waals surface area contributed by atoms with Gasteiger partial charge in [-0.1, -0.05) is 60.7 Å². The van der Waals surface area contributed by atoms with Crippen LogP contribution in [0.5, 0.6) is 0 Å². The number of carbonyl (C=O) groups is 2. The van der Waals surface area contributed by atoms with E-state index < -0.39 is 6.03 Å². The summed E-state index contributed by atoms with van der Waals surface area (Å²) in [5.74, 6) is -0.290. The van der Waals surface area contributed by atoms with E-state index in [1.165, 1.54) is 0 Å². The van der Waals surface area contributed by atoms with Gasteiger partial charge < -0.3 is 16.0 Å². The van der Waals surface area contributed by atoms with Gasteiger partial charge in [0.05, 0.1) is 18.2 Å². The fraction of sp³-hybridized carbons (Fsp3) is 0.292. The summed E-state index contributed by atoms with van der Waals surface area (Å²) in [5, 5.41) is 7.84. The Labute approximate surface area is 181 Å². The first-order valence-electron chi connectivity index (χ1n) is 10.6. The van der Waals surface area contributed by atoms with Gasteiger partial charge in [-0.05, 0) is 18.4 Å². The first kappa shape index (κ1) is 20.7. The van der Waals surface area contributed by atoms with Gasteiger partial charge in [-0.2, -0.15) is 5.10 Å². The maximum Gasteiger partial charge on any atom is 0.314 e. The molecule has 0 radical (unpaired) electrons. The van der Waals surface area contributed by atoms with Crippen LogP contribution in [0.3, 0.4) is 0 Å². The topological polar surface area (TPSA) is 93.3 Å². The highest BCUT2D eigenvalue weighted by Gasteiger charge is 2.27. The third kappa shape index (κ3) is 5.12. The van der Waals surface area contributed by atoms with Crippen molar-refractivity contribution in [1.82, 2.24) is 20.0 Å². The highest BCUT2D eigenvalue weighted by Crippen LogP contribution is 2.23. The minimum atomic E-state index is -0.467. The number of aromatic nitrogens is 2. The van der Waals surface area contributed by atoms with E-state index in [1.54, 1.807) is 4.90 Å². The predicted molar refractivity (Wildman–Crippen MR) is 119 cm³/mol. The third-order valence-electron chi connectivity index (χ3n) is 5.63. The molecule has 1 aromatic heterocycles. The molecule has 2 heterocycles. The molecule has 3 amide bonds. The van der Waals surface area contributed by atoms with Crippen LogP contribution in [0, 0.1) is 5.92 Å². The normalized spacial score (nSPS) is 16.1. The van der Waals surface area contributed by atoms with Gasteiger partial charge >= 0.3 is 6.03 Å². The molecule has 3 N–H and O–H groups in total. The van der Waals surface area contributed by atoms with E-state index in [-0.39, 0.29) is 11.8 Å². The molecular formula is C24H27N5O2. The van der Waals surface area contributed by atoms with Gasteiger partial charge in [-0.3, -0.25) is 9.48 Å². The van der Waals surface area contributed by atoms with Gasteiger partial charge in [0, 0.05) is 37.0 Å². The Kier molecular flexibility index (Phi) is 6.31. The molecule has 0 aliphatic carbocycles. The second-order valence-corrected chi connectivity index (χ2v) is 7.89. The second-order valence-electron chi connectivity index (χ2n) is 7.89. The largest absolute Gasteiger partial charge is 0.352 e. The Morgan fingerprint density at radius 3 is 2.48 bits per heavy atom. The van der Waals surface area contributed by atoms with Crippen LogP contribution >= 0.6 is 0 Å². The number of nitrogens with two attached hydrogens (primary N) is 1. The summed E-state index contributed by atoms with van der Waals surface area (Å²) in [7, 11) is 0. The Hall–Kier alpha value is -3.61. The first-order valence-corrected chi connectivity index (χ1v) is 10.6. The van der Waals surface area contributed by atoms with E-state index >= 15 is 0 Å². The molecule has 3 aromatic rings. The van der Waals surface area contributed by atoms with Crippen molar-refractivity contribution in [2.45, 2.75) is 25.9 Å². The van der Waals surface area contributed by atoms with E-state index in [0.717, 1.165) is 35.2 Å². The average Bonchev–Trinajstić information content (AvgIpc) is 3.21. The number of rotatable bonds is 6. The molecule has 1 atom stereocenters. The lowest BCUT2D eigenvalue weighted by Crippen LogP contribution is -2.47. The van der Waals surface area contributed by atoms with Crippen LogP contribution in [-0.2, 0) is 17.9 Å². The number of amides is 3. The minimum absolute atomic E-state index is 0.0548. The zero-order chi connectivity index (χ0) is 21.6. The standard InChI is InChI=1S/C24H27N5O2/c25-24(31)28-13-7-12-20(16-28)23(30)26-14-21-17-29(15-18-8-3-1-4-9-18)27-22(21)19-10-5-2-6-11-19/h1-6,8-11,17,20H,7,12-16H2,(H2,25,31)(H,26,30)/t20-/m1/s1. The molecule has 1 aliphatic rings.